The molecule has 0 spiro atoms. The smallest absolute Gasteiger partial charge is 0.143 e. The summed E-state index contributed by atoms with van der Waals surface area (Å²) in [5.41, 5.74) is 0.228. The van der Waals surface area contributed by atoms with Crippen LogP contribution in [0.1, 0.15) is 44.6 Å². The quantitative estimate of drug-likeness (QED) is 0.407. The fraction of sp³-hybridized carbons (Fsp3) is 0.625. The zero-order valence-corrected chi connectivity index (χ0v) is 14.8. The van der Waals surface area contributed by atoms with E-state index in [9.17, 15) is 8.78 Å². The van der Waals surface area contributed by atoms with Crippen molar-refractivity contribution in [3.63, 3.8) is 0 Å². The molecule has 0 N–H and O–H groups in total. The molecule has 112 valence electrons. The molecule has 3 unspecified atom stereocenters. The number of benzene rings is 1. The number of rotatable bonds is 4. The molecule has 1 saturated carbocycles. The Morgan fingerprint density at radius 3 is 2.70 bits per heavy atom. The van der Waals surface area contributed by atoms with Crippen LogP contribution >= 0.6 is 31.9 Å². The van der Waals surface area contributed by atoms with Gasteiger partial charge in [0.25, 0.3) is 0 Å². The highest BCUT2D eigenvalue weighted by Gasteiger charge is 2.30. The highest BCUT2D eigenvalue weighted by Crippen LogP contribution is 2.38. The summed E-state index contributed by atoms with van der Waals surface area (Å²) in [5.74, 6) is 0.154. The van der Waals surface area contributed by atoms with Crippen molar-refractivity contribution in [2.75, 3.05) is 0 Å². The van der Waals surface area contributed by atoms with Gasteiger partial charge in [0.2, 0.25) is 0 Å². The Hall–Kier alpha value is 0.0400. The summed E-state index contributed by atoms with van der Waals surface area (Å²) in [5, 5.41) is 0. The summed E-state index contributed by atoms with van der Waals surface area (Å²) in [7, 11) is 0. The zero-order chi connectivity index (χ0) is 14.7. The van der Waals surface area contributed by atoms with Crippen LogP contribution in [0.4, 0.5) is 8.78 Å². The van der Waals surface area contributed by atoms with Gasteiger partial charge in [-0.25, -0.2) is 8.78 Å². The van der Waals surface area contributed by atoms with E-state index < -0.39 is 11.6 Å². The average Bonchev–Trinajstić information content (AvgIpc) is 2.43. The van der Waals surface area contributed by atoms with Crippen LogP contribution < -0.4 is 0 Å². The molecular formula is C16H20Br2F2. The standard InChI is InChI=1S/C16H20Br2F2/c1-2-3-10-4-5-13(17)11(8-10)9-12-15(19)7-6-14(18)16(12)20/h6-7,10-11,13H,2-5,8-9H2,1H3. The van der Waals surface area contributed by atoms with Gasteiger partial charge in [-0.15, -0.1) is 0 Å². The van der Waals surface area contributed by atoms with Crippen LogP contribution in [0.3, 0.4) is 0 Å². The molecule has 0 radical (unpaired) electrons. The predicted octanol–water partition coefficient (Wildman–Crippen LogP) is 6.25. The Morgan fingerprint density at radius 1 is 1.25 bits per heavy atom. The van der Waals surface area contributed by atoms with Crippen molar-refractivity contribution in [2.45, 2.75) is 50.3 Å². The highest BCUT2D eigenvalue weighted by atomic mass is 79.9. The third-order valence-corrected chi connectivity index (χ3v) is 6.12. The van der Waals surface area contributed by atoms with Crippen LogP contribution in [0.5, 0.6) is 0 Å². The topological polar surface area (TPSA) is 0 Å². The van der Waals surface area contributed by atoms with Crippen molar-refractivity contribution in [2.24, 2.45) is 11.8 Å². The van der Waals surface area contributed by atoms with Crippen LogP contribution in [0.2, 0.25) is 0 Å². The lowest BCUT2D eigenvalue weighted by Gasteiger charge is -2.33. The van der Waals surface area contributed by atoms with Crippen LogP contribution in [-0.2, 0) is 6.42 Å². The molecular weight excluding hydrogens is 390 g/mol. The molecule has 4 heteroatoms. The van der Waals surface area contributed by atoms with Crippen molar-refractivity contribution in [1.29, 1.82) is 0 Å². The van der Waals surface area contributed by atoms with Gasteiger partial charge >= 0.3 is 0 Å². The van der Waals surface area contributed by atoms with E-state index in [1.807, 2.05) is 0 Å². The summed E-state index contributed by atoms with van der Waals surface area (Å²) in [4.78, 5) is 0.369. The van der Waals surface area contributed by atoms with Crippen molar-refractivity contribution in [1.82, 2.24) is 0 Å². The minimum atomic E-state index is -0.442. The van der Waals surface area contributed by atoms with Crippen LogP contribution in [0, 0.1) is 23.5 Å². The molecule has 2 rings (SSSR count). The first-order valence-electron chi connectivity index (χ1n) is 7.29. The molecule has 1 aliphatic carbocycles. The second kappa shape index (κ2) is 7.35. The normalized spacial score (nSPS) is 26.8. The monoisotopic (exact) mass is 408 g/mol. The molecule has 0 amide bonds. The second-order valence-electron chi connectivity index (χ2n) is 5.77. The minimum Gasteiger partial charge on any atom is -0.207 e. The van der Waals surface area contributed by atoms with E-state index in [-0.39, 0.29) is 5.56 Å². The van der Waals surface area contributed by atoms with Gasteiger partial charge in [0, 0.05) is 10.4 Å². The Labute approximate surface area is 136 Å². The second-order valence-corrected chi connectivity index (χ2v) is 7.80. The third-order valence-electron chi connectivity index (χ3n) is 4.30. The lowest BCUT2D eigenvalue weighted by atomic mass is 9.77. The van der Waals surface area contributed by atoms with E-state index in [2.05, 4.69) is 38.8 Å². The summed E-state index contributed by atoms with van der Waals surface area (Å²) < 4.78 is 28.3. The van der Waals surface area contributed by atoms with Gasteiger partial charge in [0.1, 0.15) is 11.6 Å². The highest BCUT2D eigenvalue weighted by molar-refractivity contribution is 9.10. The van der Waals surface area contributed by atoms with Gasteiger partial charge in [-0.3, -0.25) is 0 Å². The van der Waals surface area contributed by atoms with Gasteiger partial charge in [0.05, 0.1) is 4.47 Å². The molecule has 0 bridgehead atoms. The van der Waals surface area contributed by atoms with Gasteiger partial charge in [0.15, 0.2) is 0 Å². The third kappa shape index (κ3) is 3.82. The van der Waals surface area contributed by atoms with Crippen molar-refractivity contribution < 1.29 is 8.78 Å². The number of halogens is 4. The van der Waals surface area contributed by atoms with Gasteiger partial charge in [-0.05, 0) is 65.6 Å². The lowest BCUT2D eigenvalue weighted by molar-refractivity contribution is 0.260. The van der Waals surface area contributed by atoms with Gasteiger partial charge in [-0.1, -0.05) is 35.7 Å². The molecule has 0 heterocycles. The average molecular weight is 410 g/mol. The van der Waals surface area contributed by atoms with Crippen molar-refractivity contribution in [3.8, 4) is 0 Å². The van der Waals surface area contributed by atoms with E-state index in [0.29, 0.717) is 27.6 Å². The van der Waals surface area contributed by atoms with Crippen LogP contribution in [0.25, 0.3) is 0 Å². The van der Waals surface area contributed by atoms with E-state index in [1.54, 1.807) is 0 Å². The minimum absolute atomic E-state index is 0.228. The SMILES string of the molecule is CCCC1CCC(Br)C(Cc2c(F)ccc(Br)c2F)C1. The van der Waals surface area contributed by atoms with Gasteiger partial charge < -0.3 is 0 Å². The van der Waals surface area contributed by atoms with E-state index in [0.717, 1.165) is 12.8 Å². The summed E-state index contributed by atoms with van der Waals surface area (Å²) in [6.07, 6.45) is 6.28. The van der Waals surface area contributed by atoms with Gasteiger partial charge in [-0.2, -0.15) is 0 Å². The molecule has 20 heavy (non-hydrogen) atoms. The Bertz CT molecular complexity index is 462. The molecule has 0 aromatic heterocycles. The number of hydrogen-bond acceptors (Lipinski definition) is 0. The predicted molar refractivity (Wildman–Crippen MR) is 86.2 cm³/mol. The maximum atomic E-state index is 14.1. The van der Waals surface area contributed by atoms with Crippen LogP contribution in [-0.4, -0.2) is 4.83 Å². The zero-order valence-electron chi connectivity index (χ0n) is 11.6. The first-order valence-corrected chi connectivity index (χ1v) is 9.00. The molecule has 1 aromatic carbocycles. The molecule has 0 aliphatic heterocycles. The first-order chi connectivity index (χ1) is 9.52. The maximum Gasteiger partial charge on any atom is 0.143 e. The molecule has 1 fully saturated rings. The fourth-order valence-electron chi connectivity index (χ4n) is 3.22. The first kappa shape index (κ1) is 16.4. The molecule has 0 nitrogen and oxygen atoms in total. The Morgan fingerprint density at radius 2 is 2.00 bits per heavy atom. The number of hydrogen-bond donors (Lipinski definition) is 0. The molecule has 1 aliphatic rings. The van der Waals surface area contributed by atoms with Crippen molar-refractivity contribution >= 4 is 31.9 Å². The lowest BCUT2D eigenvalue weighted by Crippen LogP contribution is -2.27. The van der Waals surface area contributed by atoms with E-state index in [4.69, 9.17) is 0 Å². The fourth-order valence-corrected chi connectivity index (χ4v) is 4.26. The Kier molecular flexibility index (Phi) is 6.03. The van der Waals surface area contributed by atoms with E-state index in [1.165, 1.54) is 31.4 Å². The largest absolute Gasteiger partial charge is 0.207 e. The molecule has 0 saturated heterocycles. The van der Waals surface area contributed by atoms with E-state index >= 15 is 0 Å². The summed E-state index contributed by atoms with van der Waals surface area (Å²) in [6.45, 7) is 2.20. The number of alkyl halides is 1. The molecule has 1 aromatic rings. The molecule has 3 atom stereocenters. The summed E-state index contributed by atoms with van der Waals surface area (Å²) >= 11 is 6.85. The Balaban J connectivity index is 2.13. The van der Waals surface area contributed by atoms with Crippen molar-refractivity contribution in [3.05, 3.63) is 33.8 Å². The maximum absolute atomic E-state index is 14.1. The summed E-state index contributed by atoms with van der Waals surface area (Å²) in [6, 6.07) is 2.78. The van der Waals surface area contributed by atoms with Crippen LogP contribution in [0.15, 0.2) is 16.6 Å².